The van der Waals surface area contributed by atoms with Crippen LogP contribution in [0.4, 0.5) is 15.8 Å². The molecule has 1 N–H and O–H groups in total. The lowest BCUT2D eigenvalue weighted by Crippen LogP contribution is -2.28. The first-order valence-corrected chi connectivity index (χ1v) is 13.3. The number of hydrogen-bond donors (Lipinski definition) is 1. The van der Waals surface area contributed by atoms with E-state index in [9.17, 15) is 17.6 Å². The van der Waals surface area contributed by atoms with E-state index in [2.05, 4.69) is 15.3 Å². The van der Waals surface area contributed by atoms with Crippen molar-refractivity contribution in [2.75, 3.05) is 16.0 Å². The smallest absolute Gasteiger partial charge is 0.276 e. The molecule has 0 spiro atoms. The fourth-order valence-corrected chi connectivity index (χ4v) is 4.46. The number of nitrogens with zero attached hydrogens (tertiary/aromatic N) is 3. The zero-order chi connectivity index (χ0) is 26.6. The van der Waals surface area contributed by atoms with Gasteiger partial charge in [-0.3, -0.25) is 4.79 Å². The van der Waals surface area contributed by atoms with Crippen LogP contribution in [0.3, 0.4) is 0 Å². The van der Waals surface area contributed by atoms with E-state index in [1.165, 1.54) is 31.5 Å². The molecule has 1 amide bonds. The zero-order valence-corrected chi connectivity index (χ0v) is 21.5. The van der Waals surface area contributed by atoms with Crippen LogP contribution in [0, 0.1) is 19.7 Å². The van der Waals surface area contributed by atoms with E-state index in [1.54, 1.807) is 29.2 Å². The second-order valence-corrected chi connectivity index (χ2v) is 10.8. The van der Waals surface area contributed by atoms with Gasteiger partial charge in [0.2, 0.25) is 15.0 Å². The lowest BCUT2D eigenvalue weighted by atomic mass is 10.1. The van der Waals surface area contributed by atoms with Crippen LogP contribution in [0.1, 0.15) is 39.9 Å². The molecule has 37 heavy (non-hydrogen) atoms. The van der Waals surface area contributed by atoms with Crippen molar-refractivity contribution in [3.8, 4) is 0 Å². The molecule has 0 fully saturated rings. The zero-order valence-electron chi connectivity index (χ0n) is 20.7. The number of carbonyl (C=O) groups is 1. The van der Waals surface area contributed by atoms with Crippen molar-refractivity contribution in [2.45, 2.75) is 39.0 Å². The van der Waals surface area contributed by atoms with Crippen molar-refractivity contribution in [2.24, 2.45) is 0 Å². The first-order valence-electron chi connectivity index (χ1n) is 11.7. The number of benzene rings is 2. The summed E-state index contributed by atoms with van der Waals surface area (Å²) in [6.07, 6.45) is 2.84. The Bertz CT molecular complexity index is 1520. The van der Waals surface area contributed by atoms with Crippen molar-refractivity contribution in [1.82, 2.24) is 9.97 Å². The highest BCUT2D eigenvalue weighted by atomic mass is 32.2. The normalized spacial score (nSPS) is 11.4. The summed E-state index contributed by atoms with van der Waals surface area (Å²) in [6.45, 7) is 5.63. The molecule has 192 valence electrons. The third kappa shape index (κ3) is 6.21. The van der Waals surface area contributed by atoms with Crippen molar-refractivity contribution >= 4 is 27.1 Å². The third-order valence-corrected chi connectivity index (χ3v) is 7.30. The number of anilines is 2. The summed E-state index contributed by atoms with van der Waals surface area (Å²) in [7, 11) is -3.79. The van der Waals surface area contributed by atoms with Gasteiger partial charge in [-0.15, -0.1) is 0 Å². The summed E-state index contributed by atoms with van der Waals surface area (Å²) in [6, 6.07) is 15.2. The average molecular weight is 523 g/mol. The van der Waals surface area contributed by atoms with Crippen molar-refractivity contribution < 1.29 is 22.0 Å². The van der Waals surface area contributed by atoms with E-state index < -0.39 is 26.7 Å². The highest BCUT2D eigenvalue weighted by molar-refractivity contribution is 7.91. The molecule has 0 radical (unpaired) electrons. The minimum absolute atomic E-state index is 0.120. The molecule has 0 aliphatic heterocycles. The number of aromatic nitrogens is 2. The molecular weight excluding hydrogens is 495 g/mol. The first kappa shape index (κ1) is 26.0. The van der Waals surface area contributed by atoms with Crippen LogP contribution < -0.4 is 10.2 Å². The predicted molar refractivity (Wildman–Crippen MR) is 139 cm³/mol. The molecule has 0 saturated heterocycles. The second kappa shape index (κ2) is 10.9. The fourth-order valence-electron chi connectivity index (χ4n) is 3.76. The molecule has 10 heteroatoms. The lowest BCUT2D eigenvalue weighted by Gasteiger charge is -2.25. The third-order valence-electron chi connectivity index (χ3n) is 5.79. The monoisotopic (exact) mass is 522 g/mol. The number of aryl methyl sites for hydroxylation is 2. The number of halogens is 1. The van der Waals surface area contributed by atoms with Gasteiger partial charge in [0, 0.05) is 12.2 Å². The Morgan fingerprint density at radius 3 is 2.59 bits per heavy atom. The van der Waals surface area contributed by atoms with Gasteiger partial charge in [0.15, 0.2) is 5.69 Å². The Balaban J connectivity index is 1.82. The Kier molecular flexibility index (Phi) is 7.68. The number of amides is 1. The molecule has 0 saturated carbocycles. The number of carbonyl (C=O) groups excluding carboxylic acids is 1. The van der Waals surface area contributed by atoms with Gasteiger partial charge in [-0.1, -0.05) is 31.2 Å². The number of nitrogens with one attached hydrogen (secondary N) is 1. The molecule has 4 rings (SSSR count). The van der Waals surface area contributed by atoms with Gasteiger partial charge in [0.25, 0.3) is 5.91 Å². The maximum atomic E-state index is 13.9. The SMILES string of the molecule is CCS(=O)(=O)c1ncc(N(Cc2cccc(F)c2)Cc2ccco2)c(C(=O)Nc2cc(C)ccc2C)n1. The summed E-state index contributed by atoms with van der Waals surface area (Å²) in [4.78, 5) is 23.6. The molecule has 0 bridgehead atoms. The van der Waals surface area contributed by atoms with E-state index >= 15 is 0 Å². The lowest BCUT2D eigenvalue weighted by molar-refractivity contribution is 0.102. The molecule has 2 heterocycles. The van der Waals surface area contributed by atoms with Crippen molar-refractivity contribution in [1.29, 1.82) is 0 Å². The molecule has 0 unspecified atom stereocenters. The maximum Gasteiger partial charge on any atom is 0.276 e. The Labute approximate surface area is 215 Å². The van der Waals surface area contributed by atoms with Crippen LogP contribution in [0.15, 0.2) is 76.6 Å². The van der Waals surface area contributed by atoms with Crippen LogP contribution in [-0.2, 0) is 22.9 Å². The number of furan rings is 1. The molecule has 0 aliphatic rings. The summed E-state index contributed by atoms with van der Waals surface area (Å²) in [5.41, 5.74) is 3.16. The van der Waals surface area contributed by atoms with E-state index in [1.807, 2.05) is 32.0 Å². The largest absolute Gasteiger partial charge is 0.467 e. The van der Waals surface area contributed by atoms with Gasteiger partial charge in [-0.05, 0) is 60.9 Å². The standard InChI is InChI=1S/C27H27FN4O4S/c1-4-37(34,35)27-29-15-24(25(31-27)26(33)30-23-13-18(2)10-11-19(23)3)32(17-22-9-6-12-36-22)16-20-7-5-8-21(28)14-20/h5-15H,4,16-17H2,1-3H3,(H,30,33). The minimum atomic E-state index is -3.79. The van der Waals surface area contributed by atoms with Crippen LogP contribution in [-0.4, -0.2) is 30.0 Å². The Hall–Kier alpha value is -4.05. The van der Waals surface area contributed by atoms with E-state index in [0.717, 1.165) is 11.1 Å². The van der Waals surface area contributed by atoms with Crippen LogP contribution in [0.5, 0.6) is 0 Å². The van der Waals surface area contributed by atoms with Gasteiger partial charge in [0.1, 0.15) is 11.6 Å². The Morgan fingerprint density at radius 2 is 1.89 bits per heavy atom. The van der Waals surface area contributed by atoms with Gasteiger partial charge >= 0.3 is 0 Å². The van der Waals surface area contributed by atoms with Crippen LogP contribution >= 0.6 is 0 Å². The van der Waals surface area contributed by atoms with Gasteiger partial charge in [0.05, 0.1) is 30.4 Å². The topological polar surface area (TPSA) is 105 Å². The molecule has 0 atom stereocenters. The highest BCUT2D eigenvalue weighted by Gasteiger charge is 2.25. The molecule has 2 aromatic carbocycles. The van der Waals surface area contributed by atoms with Crippen molar-refractivity contribution in [3.05, 3.63) is 101 Å². The van der Waals surface area contributed by atoms with E-state index in [4.69, 9.17) is 4.42 Å². The van der Waals surface area contributed by atoms with Gasteiger partial charge in [-0.2, -0.15) is 0 Å². The van der Waals surface area contributed by atoms with E-state index in [0.29, 0.717) is 17.0 Å². The molecule has 8 nitrogen and oxygen atoms in total. The minimum Gasteiger partial charge on any atom is -0.467 e. The van der Waals surface area contributed by atoms with Crippen LogP contribution in [0.2, 0.25) is 0 Å². The van der Waals surface area contributed by atoms with Crippen LogP contribution in [0.25, 0.3) is 0 Å². The second-order valence-electron chi connectivity index (χ2n) is 8.63. The average Bonchev–Trinajstić information content (AvgIpc) is 3.38. The molecule has 2 aromatic heterocycles. The quantitative estimate of drug-likeness (QED) is 0.306. The number of sulfone groups is 1. The summed E-state index contributed by atoms with van der Waals surface area (Å²) in [5, 5.41) is 2.42. The predicted octanol–water partition coefficient (Wildman–Crippen LogP) is 5.08. The molecular formula is C27H27FN4O4S. The first-order chi connectivity index (χ1) is 17.7. The number of rotatable bonds is 9. The van der Waals surface area contributed by atoms with E-state index in [-0.39, 0.29) is 30.2 Å². The molecule has 4 aromatic rings. The summed E-state index contributed by atoms with van der Waals surface area (Å²) < 4.78 is 44.6. The molecule has 0 aliphatic carbocycles. The Morgan fingerprint density at radius 1 is 1.08 bits per heavy atom. The fraction of sp³-hybridized carbons (Fsp3) is 0.222. The highest BCUT2D eigenvalue weighted by Crippen LogP contribution is 2.26. The summed E-state index contributed by atoms with van der Waals surface area (Å²) in [5.74, 6) is -0.627. The van der Waals surface area contributed by atoms with Gasteiger partial charge in [-0.25, -0.2) is 22.8 Å². The maximum absolute atomic E-state index is 13.9. The summed E-state index contributed by atoms with van der Waals surface area (Å²) >= 11 is 0. The van der Waals surface area contributed by atoms with Gasteiger partial charge < -0.3 is 14.6 Å². The van der Waals surface area contributed by atoms with Crippen molar-refractivity contribution in [3.63, 3.8) is 0 Å². The number of hydrogen-bond acceptors (Lipinski definition) is 7.